The number of hydrogen-bond donors (Lipinski definition) is 0. The molecule has 240 valence electrons. The second kappa shape index (κ2) is 11.0. The molecule has 51 heavy (non-hydrogen) atoms. The van der Waals surface area contributed by atoms with Crippen LogP contribution in [0.4, 0.5) is 11.4 Å². The summed E-state index contributed by atoms with van der Waals surface area (Å²) < 4.78 is 9.04. The van der Waals surface area contributed by atoms with Gasteiger partial charge in [-0.05, 0) is 82.9 Å². The minimum absolute atomic E-state index is 0.261. The summed E-state index contributed by atoms with van der Waals surface area (Å²) in [7, 11) is 0. The van der Waals surface area contributed by atoms with Gasteiger partial charge < -0.3 is 13.9 Å². The average Bonchev–Trinajstić information content (AvgIpc) is 3.85. The molecule has 11 rings (SSSR count). The lowest BCUT2D eigenvalue weighted by atomic mass is 9.91. The Hall–Kier alpha value is -6.58. The van der Waals surface area contributed by atoms with E-state index in [2.05, 4.69) is 191 Å². The molecule has 2 atom stereocenters. The first-order valence-electron chi connectivity index (χ1n) is 17.7. The van der Waals surface area contributed by atoms with Gasteiger partial charge in [-0.15, -0.1) is 0 Å². The van der Waals surface area contributed by atoms with Gasteiger partial charge in [0, 0.05) is 50.1 Å². The monoisotopic (exact) mass is 652 g/mol. The lowest BCUT2D eigenvalue weighted by Gasteiger charge is -2.29. The van der Waals surface area contributed by atoms with Crippen molar-refractivity contribution in [3.05, 3.63) is 188 Å². The highest BCUT2D eigenvalue weighted by molar-refractivity contribution is 6.12. The van der Waals surface area contributed by atoms with E-state index in [-0.39, 0.29) is 6.04 Å². The third-order valence-electron chi connectivity index (χ3n) is 10.9. The fourth-order valence-corrected chi connectivity index (χ4v) is 8.63. The molecule has 9 aromatic rings. The molecule has 1 aliphatic carbocycles. The van der Waals surface area contributed by atoms with Crippen molar-refractivity contribution >= 4 is 55.1 Å². The van der Waals surface area contributed by atoms with Crippen LogP contribution in [-0.2, 0) is 0 Å². The molecule has 0 spiro atoms. The van der Waals surface area contributed by atoms with Crippen molar-refractivity contribution in [2.75, 3.05) is 4.90 Å². The fourth-order valence-electron chi connectivity index (χ4n) is 8.63. The van der Waals surface area contributed by atoms with Crippen LogP contribution in [-0.4, -0.2) is 10.6 Å². The normalized spacial score (nSPS) is 16.4. The summed E-state index contributed by atoms with van der Waals surface area (Å²) in [6, 6.07) is 57.3. The highest BCUT2D eigenvalue weighted by atomic mass is 16.3. The Morgan fingerprint density at radius 1 is 0.471 bits per heavy atom. The summed E-state index contributed by atoms with van der Waals surface area (Å²) in [5.41, 5.74) is 13.9. The van der Waals surface area contributed by atoms with Crippen LogP contribution in [0.3, 0.4) is 0 Å². The molecule has 2 aliphatic rings. The van der Waals surface area contributed by atoms with E-state index in [0.717, 1.165) is 33.1 Å². The Labute approximate surface area is 295 Å². The number of benzene rings is 7. The number of aromatic nitrogens is 1. The van der Waals surface area contributed by atoms with Gasteiger partial charge in [0.25, 0.3) is 0 Å². The lowest BCUT2D eigenvalue weighted by Crippen LogP contribution is -2.28. The molecule has 0 saturated heterocycles. The van der Waals surface area contributed by atoms with Crippen LogP contribution in [0, 0.1) is 0 Å². The molecule has 0 amide bonds. The van der Waals surface area contributed by atoms with Crippen molar-refractivity contribution < 1.29 is 4.42 Å². The molecule has 0 N–H and O–H groups in total. The summed E-state index contributed by atoms with van der Waals surface area (Å²) in [6.07, 6.45) is 9.01. The fraction of sp³-hybridized carbons (Fsp3) is 0.0417. The van der Waals surface area contributed by atoms with Gasteiger partial charge in [0.1, 0.15) is 11.2 Å². The topological polar surface area (TPSA) is 21.3 Å². The molecule has 7 aromatic carbocycles. The Balaban J connectivity index is 1.01. The minimum atomic E-state index is 0.261. The van der Waals surface area contributed by atoms with Crippen LogP contribution in [0.15, 0.2) is 186 Å². The highest BCUT2D eigenvalue weighted by Gasteiger charge is 2.37. The quantitative estimate of drug-likeness (QED) is 0.189. The smallest absolute Gasteiger partial charge is 0.143 e. The maximum atomic E-state index is 6.68. The number of nitrogens with zero attached hydrogens (tertiary/aromatic N) is 2. The molecule has 0 saturated carbocycles. The van der Waals surface area contributed by atoms with E-state index < -0.39 is 0 Å². The Morgan fingerprint density at radius 3 is 2.14 bits per heavy atom. The number of anilines is 2. The van der Waals surface area contributed by atoms with E-state index in [1.165, 1.54) is 55.6 Å². The second-order valence-corrected chi connectivity index (χ2v) is 13.7. The number of fused-ring (bicyclic) bond motifs is 9. The lowest BCUT2D eigenvalue weighted by molar-refractivity contribution is 0.670. The van der Waals surface area contributed by atoms with E-state index in [0.29, 0.717) is 5.92 Å². The van der Waals surface area contributed by atoms with Crippen molar-refractivity contribution in [2.45, 2.75) is 12.0 Å². The van der Waals surface area contributed by atoms with E-state index >= 15 is 0 Å². The predicted octanol–water partition coefficient (Wildman–Crippen LogP) is 12.7. The standard InChI is InChI=1S/C48H32N2O/c1-2-13-34(14-3-1)49-45-23-9-6-18-39(45)41-29-31(24-26-46(41)49)32-25-27-47-42(30-32)40-20-11-19-36(48(40)51-47)33-12-10-15-35(28-33)50-43-21-7-4-16-37(43)38-17-5-8-22-44(38)50/h1-30,37,43H. The number of allylic oxidation sites excluding steroid dienone is 2. The number of hydrogen-bond acceptors (Lipinski definition) is 2. The minimum Gasteiger partial charge on any atom is -0.455 e. The molecule has 3 heteroatoms. The molecule has 0 bridgehead atoms. The van der Waals surface area contributed by atoms with Crippen LogP contribution in [0.2, 0.25) is 0 Å². The maximum Gasteiger partial charge on any atom is 0.143 e. The third-order valence-corrected chi connectivity index (χ3v) is 10.9. The molecular formula is C48H32N2O. The summed E-state index contributed by atoms with van der Waals surface area (Å²) in [5.74, 6) is 0.353. The molecule has 2 aromatic heterocycles. The SMILES string of the molecule is C1=CC2c3ccccc3N(c3cccc(-c4cccc5c4oc4ccc(-c6ccc7c(c6)c6ccccc6n7-c6ccccc6)cc45)c3)C2C=C1. The zero-order valence-electron chi connectivity index (χ0n) is 27.8. The molecule has 3 heterocycles. The van der Waals surface area contributed by atoms with Gasteiger partial charge >= 0.3 is 0 Å². The molecule has 1 aliphatic heterocycles. The van der Waals surface area contributed by atoms with Gasteiger partial charge in [-0.3, -0.25) is 0 Å². The molecule has 0 radical (unpaired) electrons. The first-order valence-corrected chi connectivity index (χ1v) is 17.7. The van der Waals surface area contributed by atoms with Crippen LogP contribution in [0.1, 0.15) is 11.5 Å². The van der Waals surface area contributed by atoms with E-state index in [9.17, 15) is 0 Å². The number of rotatable bonds is 4. The first-order chi connectivity index (χ1) is 25.3. The zero-order valence-corrected chi connectivity index (χ0v) is 27.8. The molecule has 3 nitrogen and oxygen atoms in total. The summed E-state index contributed by atoms with van der Waals surface area (Å²) in [6.45, 7) is 0. The van der Waals surface area contributed by atoms with Crippen LogP contribution in [0.5, 0.6) is 0 Å². The van der Waals surface area contributed by atoms with E-state index in [1.54, 1.807) is 0 Å². The predicted molar refractivity (Wildman–Crippen MR) is 212 cm³/mol. The van der Waals surface area contributed by atoms with Crippen molar-refractivity contribution in [3.8, 4) is 27.9 Å². The molecular weight excluding hydrogens is 621 g/mol. The van der Waals surface area contributed by atoms with Crippen LogP contribution >= 0.6 is 0 Å². The third kappa shape index (κ3) is 4.25. The van der Waals surface area contributed by atoms with Gasteiger partial charge in [-0.2, -0.15) is 0 Å². The van der Waals surface area contributed by atoms with Gasteiger partial charge in [0.2, 0.25) is 0 Å². The summed E-state index contributed by atoms with van der Waals surface area (Å²) in [5, 5.41) is 4.76. The van der Waals surface area contributed by atoms with Gasteiger partial charge in [0.15, 0.2) is 0 Å². The van der Waals surface area contributed by atoms with E-state index in [4.69, 9.17) is 4.42 Å². The second-order valence-electron chi connectivity index (χ2n) is 13.7. The average molecular weight is 653 g/mol. The van der Waals surface area contributed by atoms with Crippen LogP contribution < -0.4 is 4.90 Å². The van der Waals surface area contributed by atoms with Crippen molar-refractivity contribution in [1.29, 1.82) is 0 Å². The van der Waals surface area contributed by atoms with Gasteiger partial charge in [0.05, 0.1) is 17.1 Å². The zero-order chi connectivity index (χ0) is 33.5. The van der Waals surface area contributed by atoms with Crippen molar-refractivity contribution in [1.82, 2.24) is 4.57 Å². The summed E-state index contributed by atoms with van der Waals surface area (Å²) in [4.78, 5) is 2.49. The Kier molecular flexibility index (Phi) is 6.08. The Bertz CT molecular complexity index is 2890. The van der Waals surface area contributed by atoms with Crippen LogP contribution in [0.25, 0.3) is 71.7 Å². The largest absolute Gasteiger partial charge is 0.455 e. The van der Waals surface area contributed by atoms with Crippen molar-refractivity contribution in [2.24, 2.45) is 0 Å². The number of furan rings is 1. The maximum absolute atomic E-state index is 6.68. The van der Waals surface area contributed by atoms with Crippen molar-refractivity contribution in [3.63, 3.8) is 0 Å². The Morgan fingerprint density at radius 2 is 1.20 bits per heavy atom. The first kappa shape index (κ1) is 28.3. The summed E-state index contributed by atoms with van der Waals surface area (Å²) >= 11 is 0. The number of para-hydroxylation sites is 4. The molecule has 2 unspecified atom stereocenters. The molecule has 0 fully saturated rings. The van der Waals surface area contributed by atoms with Gasteiger partial charge in [-0.1, -0.05) is 121 Å². The van der Waals surface area contributed by atoms with E-state index in [1.807, 2.05) is 0 Å². The van der Waals surface area contributed by atoms with Gasteiger partial charge in [-0.25, -0.2) is 0 Å². The highest BCUT2D eigenvalue weighted by Crippen LogP contribution is 2.48.